The van der Waals surface area contributed by atoms with Crippen LogP contribution in [0.15, 0.2) is 32.7 Å². The van der Waals surface area contributed by atoms with Gasteiger partial charge in [0, 0.05) is 11.3 Å². The fraction of sp³-hybridized carbons (Fsp3) is 0.312. The van der Waals surface area contributed by atoms with Crippen LogP contribution in [0.2, 0.25) is 0 Å². The smallest absolute Gasteiger partial charge is 0.281 e. The lowest BCUT2D eigenvalue weighted by Crippen LogP contribution is -2.23. The maximum atomic E-state index is 11.4. The molecule has 0 amide bonds. The number of methoxy groups -OCH3 is 1. The molecule has 0 aliphatic heterocycles. The first-order chi connectivity index (χ1) is 11.6. The normalized spacial score (nSPS) is 11.4. The number of thioether (sulfide) groups is 1. The summed E-state index contributed by atoms with van der Waals surface area (Å²) in [6, 6.07) is 5.11. The quantitative estimate of drug-likeness (QED) is 0.527. The van der Waals surface area contributed by atoms with Crippen LogP contribution in [-0.4, -0.2) is 29.9 Å². The lowest BCUT2D eigenvalue weighted by molar-refractivity contribution is -0.298. The van der Waals surface area contributed by atoms with Gasteiger partial charge < -0.3 is 23.8 Å². The molecule has 0 unspecified atom stereocenters. The number of hydrogen-bond acceptors (Lipinski definition) is 8. The second kappa shape index (κ2) is 8.39. The zero-order chi connectivity index (χ0) is 17.5. The molecule has 2 rings (SSSR count). The number of rotatable bonds is 8. The Labute approximate surface area is 143 Å². The summed E-state index contributed by atoms with van der Waals surface area (Å²) in [5, 5.41) is 19.1. The molecule has 8 heteroatoms. The molecule has 0 bridgehead atoms. The third-order valence-electron chi connectivity index (χ3n) is 2.93. The number of carbonyl (C=O) groups is 1. The molecule has 0 radical (unpaired) electrons. The third-order valence-corrected chi connectivity index (χ3v) is 3.78. The largest absolute Gasteiger partial charge is 0.544 e. The third kappa shape index (κ3) is 4.51. The van der Waals surface area contributed by atoms with Gasteiger partial charge in [-0.2, -0.15) is 0 Å². The number of carboxylic acid groups (broad SMARTS) is 1. The minimum absolute atomic E-state index is 0.0473. The highest BCUT2D eigenvalue weighted by atomic mass is 32.2. The summed E-state index contributed by atoms with van der Waals surface area (Å²) in [5.74, 6) is 0.215. The van der Waals surface area contributed by atoms with Crippen LogP contribution >= 0.6 is 11.8 Å². The number of hydrogen-bond donors (Lipinski definition) is 0. The maximum Gasteiger partial charge on any atom is 0.281 e. The van der Waals surface area contributed by atoms with E-state index in [1.807, 2.05) is 13.8 Å². The summed E-state index contributed by atoms with van der Waals surface area (Å²) in [6.07, 6.45) is 2.03. The monoisotopic (exact) mass is 349 g/mol. The predicted octanol–water partition coefficient (Wildman–Crippen LogP) is 1.92. The highest BCUT2D eigenvalue weighted by Gasteiger charge is 2.11. The summed E-state index contributed by atoms with van der Waals surface area (Å²) in [7, 11) is 1.54. The molecule has 0 aliphatic carbocycles. The maximum absolute atomic E-state index is 11.4. The number of nitrogens with zero attached hydrogens (tertiary/aromatic N) is 2. The van der Waals surface area contributed by atoms with Gasteiger partial charge in [-0.3, -0.25) is 0 Å². The molecule has 0 N–H and O–H groups in total. The first-order valence-electron chi connectivity index (χ1n) is 7.31. The van der Waals surface area contributed by atoms with Gasteiger partial charge in [0.25, 0.3) is 5.22 Å². The summed E-state index contributed by atoms with van der Waals surface area (Å²) in [4.78, 5) is 11.3. The topological polar surface area (TPSA) is 97.5 Å². The SMILES string of the molecule is CCOc1cc(/C=C(\Sc2nnc(CC)o2)C(=O)[O-])ccc1OC. The van der Waals surface area contributed by atoms with Crippen LogP contribution < -0.4 is 14.6 Å². The van der Waals surface area contributed by atoms with E-state index in [-0.39, 0.29) is 10.1 Å². The van der Waals surface area contributed by atoms with Gasteiger partial charge in [0.2, 0.25) is 5.89 Å². The molecule has 1 aromatic heterocycles. The van der Waals surface area contributed by atoms with E-state index in [2.05, 4.69) is 10.2 Å². The van der Waals surface area contributed by atoms with Crippen molar-refractivity contribution in [2.75, 3.05) is 13.7 Å². The van der Waals surface area contributed by atoms with E-state index in [4.69, 9.17) is 13.9 Å². The second-order valence-electron chi connectivity index (χ2n) is 4.56. The van der Waals surface area contributed by atoms with Gasteiger partial charge in [0.15, 0.2) is 11.5 Å². The molecule has 0 saturated heterocycles. The summed E-state index contributed by atoms with van der Waals surface area (Å²) in [5.41, 5.74) is 0.626. The van der Waals surface area contributed by atoms with E-state index in [1.165, 1.54) is 13.2 Å². The average molecular weight is 349 g/mol. The van der Waals surface area contributed by atoms with Gasteiger partial charge in [0.05, 0.1) is 19.7 Å². The van der Waals surface area contributed by atoms with E-state index in [0.717, 1.165) is 11.8 Å². The number of aromatic nitrogens is 2. The molecule has 2 aromatic rings. The Morgan fingerprint density at radius 1 is 1.33 bits per heavy atom. The molecule has 0 saturated carbocycles. The second-order valence-corrected chi connectivity index (χ2v) is 5.55. The van der Waals surface area contributed by atoms with Crippen LogP contribution in [0.4, 0.5) is 0 Å². The number of carboxylic acids is 1. The minimum Gasteiger partial charge on any atom is -0.544 e. The molecule has 1 aromatic carbocycles. The fourth-order valence-electron chi connectivity index (χ4n) is 1.85. The van der Waals surface area contributed by atoms with Crippen molar-refractivity contribution in [3.05, 3.63) is 34.6 Å². The van der Waals surface area contributed by atoms with Crippen molar-refractivity contribution in [3.63, 3.8) is 0 Å². The van der Waals surface area contributed by atoms with Crippen molar-refractivity contribution in [3.8, 4) is 11.5 Å². The predicted molar refractivity (Wildman–Crippen MR) is 86.7 cm³/mol. The van der Waals surface area contributed by atoms with Crippen LogP contribution in [0.3, 0.4) is 0 Å². The highest BCUT2D eigenvalue weighted by molar-refractivity contribution is 8.03. The van der Waals surface area contributed by atoms with Gasteiger partial charge >= 0.3 is 0 Å². The molecule has 0 spiro atoms. The van der Waals surface area contributed by atoms with Gasteiger partial charge in [0.1, 0.15) is 0 Å². The van der Waals surface area contributed by atoms with Gasteiger partial charge in [-0.05, 0) is 42.5 Å². The molecule has 7 nitrogen and oxygen atoms in total. The van der Waals surface area contributed by atoms with Crippen LogP contribution in [0.5, 0.6) is 11.5 Å². The van der Waals surface area contributed by atoms with Crippen molar-refractivity contribution in [2.24, 2.45) is 0 Å². The Bertz CT molecular complexity index is 742. The highest BCUT2D eigenvalue weighted by Crippen LogP contribution is 2.31. The Morgan fingerprint density at radius 3 is 2.71 bits per heavy atom. The molecular weight excluding hydrogens is 332 g/mol. The Balaban J connectivity index is 2.29. The Hall–Kier alpha value is -2.48. The van der Waals surface area contributed by atoms with E-state index in [1.54, 1.807) is 18.2 Å². The van der Waals surface area contributed by atoms with Gasteiger partial charge in [-0.15, -0.1) is 10.2 Å². The van der Waals surface area contributed by atoms with Crippen LogP contribution in [-0.2, 0) is 11.2 Å². The molecule has 128 valence electrons. The molecule has 0 atom stereocenters. The van der Waals surface area contributed by atoms with Crippen LogP contribution in [0.25, 0.3) is 6.08 Å². The summed E-state index contributed by atoms with van der Waals surface area (Å²) >= 11 is 0.844. The van der Waals surface area contributed by atoms with Gasteiger partial charge in [-0.1, -0.05) is 13.0 Å². The van der Waals surface area contributed by atoms with Crippen LogP contribution in [0.1, 0.15) is 25.3 Å². The zero-order valence-corrected chi connectivity index (χ0v) is 14.4. The van der Waals surface area contributed by atoms with Crippen molar-refractivity contribution < 1.29 is 23.8 Å². The van der Waals surface area contributed by atoms with Gasteiger partial charge in [-0.25, -0.2) is 0 Å². The summed E-state index contributed by atoms with van der Waals surface area (Å²) < 4.78 is 16.0. The zero-order valence-electron chi connectivity index (χ0n) is 13.6. The molecular formula is C16H17N2O5S-. The number of benzene rings is 1. The molecule has 1 heterocycles. The van der Waals surface area contributed by atoms with E-state index in [9.17, 15) is 9.90 Å². The number of carbonyl (C=O) groups excluding carboxylic acids is 1. The van der Waals surface area contributed by atoms with Crippen molar-refractivity contribution in [1.29, 1.82) is 0 Å². The van der Waals surface area contributed by atoms with Crippen molar-refractivity contribution >= 4 is 23.8 Å². The van der Waals surface area contributed by atoms with E-state index < -0.39 is 5.97 Å². The first-order valence-corrected chi connectivity index (χ1v) is 8.13. The lowest BCUT2D eigenvalue weighted by atomic mass is 10.2. The molecule has 0 fully saturated rings. The standard InChI is InChI=1S/C16H18N2O5S/c1-4-14-17-18-16(23-14)24-13(15(19)20)9-10-6-7-11(21-3)12(8-10)22-5-2/h6-9H,4-5H2,1-3H3,(H,19,20)/p-1/b13-9-. The number of ether oxygens (including phenoxy) is 2. The Kier molecular flexibility index (Phi) is 6.25. The first kappa shape index (κ1) is 17.9. The number of aliphatic carboxylic acids is 1. The minimum atomic E-state index is -1.33. The summed E-state index contributed by atoms with van der Waals surface area (Å²) in [6.45, 7) is 4.18. The van der Waals surface area contributed by atoms with Crippen molar-refractivity contribution in [2.45, 2.75) is 25.5 Å². The average Bonchev–Trinajstić information content (AvgIpc) is 3.02. The lowest BCUT2D eigenvalue weighted by Gasteiger charge is -2.11. The van der Waals surface area contributed by atoms with E-state index >= 15 is 0 Å². The molecule has 0 aliphatic rings. The fourth-order valence-corrected chi connectivity index (χ4v) is 2.54. The number of aryl methyl sites for hydroxylation is 1. The Morgan fingerprint density at radius 2 is 2.12 bits per heavy atom. The molecule has 24 heavy (non-hydrogen) atoms. The van der Waals surface area contributed by atoms with Crippen LogP contribution in [0, 0.1) is 0 Å². The van der Waals surface area contributed by atoms with Crippen molar-refractivity contribution in [1.82, 2.24) is 10.2 Å². The van der Waals surface area contributed by atoms with E-state index in [0.29, 0.717) is 36.0 Å².